The third kappa shape index (κ3) is 3.00. The molecule has 0 saturated carbocycles. The van der Waals surface area contributed by atoms with Crippen LogP contribution >= 0.6 is 0 Å². The Morgan fingerprint density at radius 2 is 1.66 bits per heavy atom. The highest BCUT2D eigenvalue weighted by Crippen LogP contribution is 2.50. The van der Waals surface area contributed by atoms with Gasteiger partial charge in [-0.3, -0.25) is 24.6 Å². The molecule has 0 bridgehead atoms. The standard InChI is InChI=1S/C27H24N4O/c32-26-27(12-15-30(16-13-27)19-21-8-5-6-14-28-21)23-9-2-4-11-25(23)31(26)22-17-20-7-1-3-10-24(20)29-18-22/h1-11,14,17-18H,12-13,15-16,19H2. The lowest BCUT2D eigenvalue weighted by molar-refractivity contribution is -0.124. The zero-order valence-electron chi connectivity index (χ0n) is 17.8. The number of benzene rings is 2. The smallest absolute Gasteiger partial charge is 0.242 e. The van der Waals surface area contributed by atoms with E-state index in [1.807, 2.05) is 59.8 Å². The Hall–Kier alpha value is -3.57. The van der Waals surface area contributed by atoms with E-state index in [0.717, 1.165) is 66.0 Å². The summed E-state index contributed by atoms with van der Waals surface area (Å²) >= 11 is 0. The second-order valence-electron chi connectivity index (χ2n) is 8.72. The molecular formula is C27H24N4O. The quantitative estimate of drug-likeness (QED) is 0.476. The van der Waals surface area contributed by atoms with Crippen LogP contribution in [0.15, 0.2) is 85.2 Å². The maximum atomic E-state index is 14.0. The number of pyridine rings is 2. The minimum Gasteiger partial charge on any atom is -0.297 e. The fourth-order valence-corrected chi connectivity index (χ4v) is 5.25. The molecular weight excluding hydrogens is 396 g/mol. The maximum absolute atomic E-state index is 14.0. The van der Waals surface area contributed by atoms with Crippen LogP contribution < -0.4 is 4.90 Å². The number of piperidine rings is 1. The van der Waals surface area contributed by atoms with Crippen molar-refractivity contribution in [3.05, 3.63) is 96.4 Å². The molecule has 1 fully saturated rings. The van der Waals surface area contributed by atoms with Crippen LogP contribution in [0.1, 0.15) is 24.1 Å². The van der Waals surface area contributed by atoms with Gasteiger partial charge in [-0.1, -0.05) is 42.5 Å². The molecule has 4 aromatic rings. The van der Waals surface area contributed by atoms with Gasteiger partial charge >= 0.3 is 0 Å². The molecule has 0 atom stereocenters. The molecule has 5 heteroatoms. The Balaban J connectivity index is 1.33. The summed E-state index contributed by atoms with van der Waals surface area (Å²) in [6, 6.07) is 24.4. The molecule has 0 radical (unpaired) electrons. The summed E-state index contributed by atoms with van der Waals surface area (Å²) in [5.74, 6) is 0.174. The molecule has 158 valence electrons. The molecule has 2 aromatic heterocycles. The molecule has 6 rings (SSSR count). The highest BCUT2D eigenvalue weighted by molar-refractivity contribution is 6.13. The van der Waals surface area contributed by atoms with Crippen molar-refractivity contribution in [3.8, 4) is 0 Å². The van der Waals surface area contributed by atoms with E-state index in [9.17, 15) is 4.79 Å². The average molecular weight is 421 g/mol. The lowest BCUT2D eigenvalue weighted by Gasteiger charge is -2.38. The van der Waals surface area contributed by atoms with E-state index in [0.29, 0.717) is 0 Å². The number of fused-ring (bicyclic) bond motifs is 3. The highest BCUT2D eigenvalue weighted by Gasteiger charge is 2.52. The number of rotatable bonds is 3. The number of carbonyl (C=O) groups is 1. The summed E-state index contributed by atoms with van der Waals surface area (Å²) < 4.78 is 0. The predicted molar refractivity (Wildman–Crippen MR) is 126 cm³/mol. The topological polar surface area (TPSA) is 49.3 Å². The van der Waals surface area contributed by atoms with E-state index >= 15 is 0 Å². The number of nitrogens with zero attached hydrogens (tertiary/aromatic N) is 4. The van der Waals surface area contributed by atoms with E-state index in [1.165, 1.54) is 0 Å². The van der Waals surface area contributed by atoms with Gasteiger partial charge in [-0.05, 0) is 61.8 Å². The van der Waals surface area contributed by atoms with E-state index in [2.05, 4.69) is 45.2 Å². The first-order valence-electron chi connectivity index (χ1n) is 11.2. The number of amides is 1. The van der Waals surface area contributed by atoms with Crippen molar-refractivity contribution in [1.82, 2.24) is 14.9 Å². The van der Waals surface area contributed by atoms with Gasteiger partial charge in [0.1, 0.15) is 0 Å². The lowest BCUT2D eigenvalue weighted by Crippen LogP contribution is -2.47. The monoisotopic (exact) mass is 420 g/mol. The normalized spacial score (nSPS) is 17.8. The molecule has 2 aromatic carbocycles. The van der Waals surface area contributed by atoms with Crippen LogP contribution in [-0.4, -0.2) is 33.9 Å². The van der Waals surface area contributed by atoms with Crippen LogP contribution in [0, 0.1) is 0 Å². The first-order valence-corrected chi connectivity index (χ1v) is 11.2. The Morgan fingerprint density at radius 3 is 2.50 bits per heavy atom. The molecule has 32 heavy (non-hydrogen) atoms. The van der Waals surface area contributed by atoms with Crippen molar-refractivity contribution in [3.63, 3.8) is 0 Å². The summed E-state index contributed by atoms with van der Waals surface area (Å²) in [5, 5.41) is 1.04. The van der Waals surface area contributed by atoms with E-state index in [-0.39, 0.29) is 5.91 Å². The molecule has 4 heterocycles. The van der Waals surface area contributed by atoms with Crippen molar-refractivity contribution >= 4 is 28.2 Å². The minimum atomic E-state index is -0.469. The van der Waals surface area contributed by atoms with Gasteiger partial charge in [-0.2, -0.15) is 0 Å². The number of aromatic nitrogens is 2. The van der Waals surface area contributed by atoms with Crippen LogP contribution in [0.25, 0.3) is 10.9 Å². The number of para-hydroxylation sites is 2. The van der Waals surface area contributed by atoms with Crippen LogP contribution in [0.4, 0.5) is 11.4 Å². The molecule has 1 spiro atoms. The Morgan fingerprint density at radius 1 is 0.875 bits per heavy atom. The molecule has 0 unspecified atom stereocenters. The Kier molecular flexibility index (Phi) is 4.51. The Bertz CT molecular complexity index is 1300. The first kappa shape index (κ1) is 19.1. The van der Waals surface area contributed by atoms with Gasteiger partial charge < -0.3 is 0 Å². The van der Waals surface area contributed by atoms with Crippen molar-refractivity contribution in [2.45, 2.75) is 24.8 Å². The zero-order chi connectivity index (χ0) is 21.5. The fourth-order valence-electron chi connectivity index (χ4n) is 5.25. The van der Waals surface area contributed by atoms with Crippen LogP contribution in [-0.2, 0) is 16.8 Å². The van der Waals surface area contributed by atoms with Gasteiger partial charge in [-0.15, -0.1) is 0 Å². The molecule has 1 amide bonds. The van der Waals surface area contributed by atoms with Gasteiger partial charge in [0, 0.05) is 18.1 Å². The third-order valence-electron chi connectivity index (χ3n) is 6.93. The molecule has 2 aliphatic heterocycles. The van der Waals surface area contributed by atoms with Gasteiger partial charge in [0.15, 0.2) is 0 Å². The Labute approximate surface area is 187 Å². The highest BCUT2D eigenvalue weighted by atomic mass is 16.2. The van der Waals surface area contributed by atoms with E-state index < -0.39 is 5.41 Å². The number of hydrogen-bond donors (Lipinski definition) is 0. The molecule has 5 nitrogen and oxygen atoms in total. The summed E-state index contributed by atoms with van der Waals surface area (Å²) in [6.07, 6.45) is 5.29. The van der Waals surface area contributed by atoms with Crippen LogP contribution in [0.5, 0.6) is 0 Å². The second-order valence-corrected chi connectivity index (χ2v) is 8.72. The summed E-state index contributed by atoms with van der Waals surface area (Å²) in [5.41, 5.74) is 4.53. The van der Waals surface area contributed by atoms with E-state index in [1.54, 1.807) is 0 Å². The van der Waals surface area contributed by atoms with Crippen molar-refractivity contribution < 1.29 is 4.79 Å². The largest absolute Gasteiger partial charge is 0.297 e. The summed E-state index contributed by atoms with van der Waals surface area (Å²) in [7, 11) is 0. The average Bonchev–Trinajstić information content (AvgIpc) is 3.09. The van der Waals surface area contributed by atoms with Crippen molar-refractivity contribution in [2.75, 3.05) is 18.0 Å². The van der Waals surface area contributed by atoms with Crippen LogP contribution in [0.3, 0.4) is 0 Å². The number of carbonyl (C=O) groups excluding carboxylic acids is 1. The summed E-state index contributed by atoms with van der Waals surface area (Å²) in [4.78, 5) is 27.4. The third-order valence-corrected chi connectivity index (χ3v) is 6.93. The summed E-state index contributed by atoms with van der Waals surface area (Å²) in [6.45, 7) is 2.58. The van der Waals surface area contributed by atoms with Gasteiger partial charge in [0.2, 0.25) is 5.91 Å². The number of anilines is 2. The molecule has 2 aliphatic rings. The molecule has 0 N–H and O–H groups in total. The zero-order valence-corrected chi connectivity index (χ0v) is 17.8. The number of likely N-dealkylation sites (tertiary alicyclic amines) is 1. The van der Waals surface area contributed by atoms with Crippen LogP contribution in [0.2, 0.25) is 0 Å². The van der Waals surface area contributed by atoms with Crippen molar-refractivity contribution in [1.29, 1.82) is 0 Å². The number of hydrogen-bond acceptors (Lipinski definition) is 4. The first-order chi connectivity index (χ1) is 15.7. The predicted octanol–water partition coefficient (Wildman–Crippen LogP) is 4.84. The second kappa shape index (κ2) is 7.53. The van der Waals surface area contributed by atoms with Gasteiger partial charge in [-0.25, -0.2) is 0 Å². The van der Waals surface area contributed by atoms with E-state index in [4.69, 9.17) is 0 Å². The van der Waals surface area contributed by atoms with Gasteiger partial charge in [0.05, 0.1) is 34.2 Å². The molecule has 1 saturated heterocycles. The van der Waals surface area contributed by atoms with Gasteiger partial charge in [0.25, 0.3) is 0 Å². The maximum Gasteiger partial charge on any atom is 0.242 e. The van der Waals surface area contributed by atoms with Crippen molar-refractivity contribution in [2.24, 2.45) is 0 Å². The molecule has 0 aliphatic carbocycles. The lowest BCUT2D eigenvalue weighted by atomic mass is 9.73. The SMILES string of the molecule is O=C1N(c2cnc3ccccc3c2)c2ccccc2C12CCN(Cc1ccccn1)CC2. The minimum absolute atomic E-state index is 0.174. The fraction of sp³-hybridized carbons (Fsp3) is 0.222.